The highest BCUT2D eigenvalue weighted by molar-refractivity contribution is 5.54. The van der Waals surface area contributed by atoms with Crippen LogP contribution in [0.5, 0.6) is 0 Å². The maximum Gasteiger partial charge on any atom is 0.435 e. The van der Waals surface area contributed by atoms with Gasteiger partial charge >= 0.3 is 6.18 Å². The lowest BCUT2D eigenvalue weighted by Crippen LogP contribution is -2.14. The van der Waals surface area contributed by atoms with Gasteiger partial charge in [-0.25, -0.2) is 13.8 Å². The van der Waals surface area contributed by atoms with Crippen LogP contribution in [0.25, 0.3) is 0 Å². The van der Waals surface area contributed by atoms with Crippen molar-refractivity contribution in [2.45, 2.75) is 12.6 Å². The van der Waals surface area contributed by atoms with Crippen LogP contribution in [-0.2, 0) is 6.18 Å². The number of aromatic nitrogens is 1. The number of nitrogens with zero attached hydrogens (tertiary/aromatic N) is 1. The zero-order valence-electron chi connectivity index (χ0n) is 7.15. The standard InChI is InChI=1S/C7H6F5N3/c8-5(9)2-1-3(13)4(7(10,11)12)15-6(2)14/h1,5H,13H2,(H2,14,15). The van der Waals surface area contributed by atoms with E-state index in [1.807, 2.05) is 0 Å². The lowest BCUT2D eigenvalue weighted by molar-refractivity contribution is -0.140. The second-order valence-corrected chi connectivity index (χ2v) is 2.70. The molecule has 0 spiro atoms. The van der Waals surface area contributed by atoms with Crippen LogP contribution in [0.1, 0.15) is 17.7 Å². The molecule has 0 fully saturated rings. The molecule has 0 aliphatic rings. The summed E-state index contributed by atoms with van der Waals surface area (Å²) in [6.07, 6.45) is -7.82. The van der Waals surface area contributed by atoms with E-state index in [9.17, 15) is 22.0 Å². The van der Waals surface area contributed by atoms with Crippen LogP contribution in [0.2, 0.25) is 0 Å². The minimum Gasteiger partial charge on any atom is -0.397 e. The predicted molar refractivity (Wildman–Crippen MR) is 43.0 cm³/mol. The molecule has 8 heteroatoms. The van der Waals surface area contributed by atoms with Gasteiger partial charge in [-0.15, -0.1) is 0 Å². The summed E-state index contributed by atoms with van der Waals surface area (Å²) in [6, 6.07) is 0.482. The molecule has 0 atom stereocenters. The van der Waals surface area contributed by atoms with Gasteiger partial charge in [-0.2, -0.15) is 13.2 Å². The third-order valence-corrected chi connectivity index (χ3v) is 1.62. The van der Waals surface area contributed by atoms with E-state index >= 15 is 0 Å². The first kappa shape index (κ1) is 11.5. The van der Waals surface area contributed by atoms with E-state index in [-0.39, 0.29) is 0 Å². The predicted octanol–water partition coefficient (Wildman–Crippen LogP) is 2.20. The van der Waals surface area contributed by atoms with Crippen molar-refractivity contribution in [3.8, 4) is 0 Å². The van der Waals surface area contributed by atoms with Gasteiger partial charge in [0.2, 0.25) is 0 Å². The number of nitrogen functional groups attached to an aromatic ring is 2. The van der Waals surface area contributed by atoms with Crippen molar-refractivity contribution in [2.75, 3.05) is 11.5 Å². The van der Waals surface area contributed by atoms with Gasteiger partial charge in [0.1, 0.15) is 5.82 Å². The molecule has 0 saturated carbocycles. The molecule has 0 bridgehead atoms. The summed E-state index contributed by atoms with van der Waals surface area (Å²) in [5.41, 5.74) is 6.76. The summed E-state index contributed by atoms with van der Waals surface area (Å²) in [6.45, 7) is 0. The van der Waals surface area contributed by atoms with E-state index in [0.717, 1.165) is 0 Å². The average Bonchev–Trinajstić information content (AvgIpc) is 2.06. The van der Waals surface area contributed by atoms with E-state index in [1.54, 1.807) is 0 Å². The number of halogens is 5. The second-order valence-electron chi connectivity index (χ2n) is 2.70. The lowest BCUT2D eigenvalue weighted by Gasteiger charge is -2.12. The largest absolute Gasteiger partial charge is 0.435 e. The van der Waals surface area contributed by atoms with Gasteiger partial charge in [0.25, 0.3) is 6.43 Å². The Hall–Kier alpha value is -1.60. The van der Waals surface area contributed by atoms with Crippen LogP contribution in [0.15, 0.2) is 6.07 Å². The molecule has 0 radical (unpaired) electrons. The first-order chi connectivity index (χ1) is 6.73. The van der Waals surface area contributed by atoms with Crippen molar-refractivity contribution < 1.29 is 22.0 Å². The van der Waals surface area contributed by atoms with Gasteiger partial charge in [0.15, 0.2) is 5.69 Å². The van der Waals surface area contributed by atoms with E-state index in [2.05, 4.69) is 4.98 Å². The Morgan fingerprint density at radius 2 is 1.73 bits per heavy atom. The highest BCUT2D eigenvalue weighted by Crippen LogP contribution is 2.35. The molecule has 1 aromatic rings. The molecule has 15 heavy (non-hydrogen) atoms. The summed E-state index contributed by atoms with van der Waals surface area (Å²) >= 11 is 0. The molecule has 4 N–H and O–H groups in total. The smallest absolute Gasteiger partial charge is 0.397 e. The first-order valence-corrected chi connectivity index (χ1v) is 3.64. The summed E-state index contributed by atoms with van der Waals surface area (Å²) in [5.74, 6) is -0.869. The Bertz CT molecular complexity index is 374. The summed E-state index contributed by atoms with van der Waals surface area (Å²) in [4.78, 5) is 2.81. The molecule has 0 aliphatic carbocycles. The summed E-state index contributed by atoms with van der Waals surface area (Å²) in [5, 5.41) is 0. The molecular weight excluding hydrogens is 221 g/mol. The molecule has 1 rings (SSSR count). The zero-order chi connectivity index (χ0) is 11.8. The zero-order valence-corrected chi connectivity index (χ0v) is 7.15. The molecule has 84 valence electrons. The van der Waals surface area contributed by atoms with Crippen molar-refractivity contribution in [1.82, 2.24) is 4.98 Å². The minimum absolute atomic E-state index is 0.482. The number of hydrogen-bond acceptors (Lipinski definition) is 3. The number of hydrogen-bond donors (Lipinski definition) is 2. The lowest BCUT2D eigenvalue weighted by atomic mass is 10.2. The van der Waals surface area contributed by atoms with Crippen molar-refractivity contribution in [1.29, 1.82) is 0 Å². The molecule has 0 unspecified atom stereocenters. The van der Waals surface area contributed by atoms with Gasteiger partial charge in [0.05, 0.1) is 11.3 Å². The SMILES string of the molecule is Nc1cc(C(F)F)c(N)nc1C(F)(F)F. The maximum absolute atomic E-state index is 12.2. The Balaban J connectivity index is 3.32. The number of rotatable bonds is 1. The van der Waals surface area contributed by atoms with Crippen molar-refractivity contribution in [3.05, 3.63) is 17.3 Å². The fourth-order valence-electron chi connectivity index (χ4n) is 0.961. The molecular formula is C7H6F5N3. The average molecular weight is 227 g/mol. The highest BCUT2D eigenvalue weighted by Gasteiger charge is 2.36. The molecule has 0 saturated heterocycles. The maximum atomic E-state index is 12.2. The normalized spacial score (nSPS) is 12.1. The fourth-order valence-corrected chi connectivity index (χ4v) is 0.961. The van der Waals surface area contributed by atoms with Crippen molar-refractivity contribution >= 4 is 11.5 Å². The van der Waals surface area contributed by atoms with Gasteiger partial charge in [-0.05, 0) is 6.07 Å². The van der Waals surface area contributed by atoms with Gasteiger partial charge < -0.3 is 11.5 Å². The van der Waals surface area contributed by atoms with Crippen LogP contribution in [-0.4, -0.2) is 4.98 Å². The van der Waals surface area contributed by atoms with E-state index in [1.165, 1.54) is 0 Å². The third kappa shape index (κ3) is 2.25. The molecule has 3 nitrogen and oxygen atoms in total. The number of alkyl halides is 5. The Kier molecular flexibility index (Phi) is 2.69. The molecule has 0 amide bonds. The van der Waals surface area contributed by atoms with Gasteiger partial charge in [-0.1, -0.05) is 0 Å². The van der Waals surface area contributed by atoms with Crippen LogP contribution in [0.4, 0.5) is 33.5 Å². The van der Waals surface area contributed by atoms with Crippen LogP contribution in [0.3, 0.4) is 0 Å². The summed E-state index contributed by atoms with van der Waals surface area (Å²) in [7, 11) is 0. The fraction of sp³-hybridized carbons (Fsp3) is 0.286. The van der Waals surface area contributed by atoms with E-state index in [0.29, 0.717) is 6.07 Å². The van der Waals surface area contributed by atoms with Crippen molar-refractivity contribution in [2.24, 2.45) is 0 Å². The van der Waals surface area contributed by atoms with Crippen LogP contribution in [0, 0.1) is 0 Å². The quantitative estimate of drug-likeness (QED) is 0.723. The van der Waals surface area contributed by atoms with E-state index < -0.39 is 35.4 Å². The molecule has 1 heterocycles. The minimum atomic E-state index is -4.81. The van der Waals surface area contributed by atoms with Crippen LogP contribution < -0.4 is 11.5 Å². The third-order valence-electron chi connectivity index (χ3n) is 1.62. The Labute approximate surface area is 80.9 Å². The number of anilines is 2. The Morgan fingerprint density at radius 1 is 1.20 bits per heavy atom. The van der Waals surface area contributed by atoms with E-state index in [4.69, 9.17) is 11.5 Å². The Morgan fingerprint density at radius 3 is 2.13 bits per heavy atom. The molecule has 1 aromatic heterocycles. The van der Waals surface area contributed by atoms with Gasteiger partial charge in [0, 0.05) is 0 Å². The highest BCUT2D eigenvalue weighted by atomic mass is 19.4. The monoisotopic (exact) mass is 227 g/mol. The second kappa shape index (κ2) is 3.52. The summed E-state index contributed by atoms with van der Waals surface area (Å²) < 4.78 is 60.9. The van der Waals surface area contributed by atoms with Crippen LogP contribution >= 0.6 is 0 Å². The number of pyridine rings is 1. The molecule has 0 aromatic carbocycles. The number of nitrogens with two attached hydrogens (primary N) is 2. The van der Waals surface area contributed by atoms with Gasteiger partial charge in [-0.3, -0.25) is 0 Å². The topological polar surface area (TPSA) is 64.9 Å². The first-order valence-electron chi connectivity index (χ1n) is 3.64. The van der Waals surface area contributed by atoms with Crippen molar-refractivity contribution in [3.63, 3.8) is 0 Å². The molecule has 0 aliphatic heterocycles.